The second-order valence-electron chi connectivity index (χ2n) is 4.74. The third-order valence-corrected chi connectivity index (χ3v) is 5.05. The maximum Gasteiger partial charge on any atom is 0.240 e. The molecule has 0 atom stereocenters. The quantitative estimate of drug-likeness (QED) is 0.653. The molecule has 1 aromatic carbocycles. The standard InChI is InChI=1S/C14H18N4O3S2/c15-6-7-17-23(20,21)13-3-1-2-11(8-13)18-14(19)5-4-12-9-22-10-16-12/h1-3,8-10,17H,4-7,15H2,(H,18,19). The number of sulfonamides is 1. The summed E-state index contributed by atoms with van der Waals surface area (Å²) in [5.74, 6) is -0.192. The Hall–Kier alpha value is -1.81. The molecular weight excluding hydrogens is 336 g/mol. The molecular formula is C14H18N4O3S2. The molecule has 4 N–H and O–H groups in total. The Kier molecular flexibility index (Phi) is 6.22. The molecule has 7 nitrogen and oxygen atoms in total. The lowest BCUT2D eigenvalue weighted by atomic mass is 10.2. The molecule has 124 valence electrons. The number of aryl methyl sites for hydroxylation is 1. The molecule has 1 aromatic heterocycles. The predicted octanol–water partition coefficient (Wildman–Crippen LogP) is 0.951. The minimum atomic E-state index is -3.62. The lowest BCUT2D eigenvalue weighted by molar-refractivity contribution is -0.116. The summed E-state index contributed by atoms with van der Waals surface area (Å²) >= 11 is 1.48. The van der Waals surface area contributed by atoms with Gasteiger partial charge < -0.3 is 11.1 Å². The van der Waals surface area contributed by atoms with Crippen LogP contribution in [0.2, 0.25) is 0 Å². The summed E-state index contributed by atoms with van der Waals surface area (Å²) in [6, 6.07) is 6.10. The number of rotatable bonds is 8. The van der Waals surface area contributed by atoms with E-state index in [1.807, 2.05) is 5.38 Å². The second kappa shape index (κ2) is 8.16. The number of anilines is 1. The van der Waals surface area contributed by atoms with Crippen LogP contribution in [-0.4, -0.2) is 32.4 Å². The van der Waals surface area contributed by atoms with Gasteiger partial charge in [0.25, 0.3) is 0 Å². The van der Waals surface area contributed by atoms with Crippen LogP contribution >= 0.6 is 11.3 Å². The first-order valence-corrected chi connectivity index (χ1v) is 9.40. The fourth-order valence-corrected chi connectivity index (χ4v) is 3.53. The number of hydrogen-bond donors (Lipinski definition) is 3. The maximum atomic E-state index is 12.0. The topological polar surface area (TPSA) is 114 Å². The molecule has 1 amide bonds. The van der Waals surface area contributed by atoms with E-state index in [1.54, 1.807) is 17.6 Å². The molecule has 0 spiro atoms. The van der Waals surface area contributed by atoms with Crippen LogP contribution in [0.1, 0.15) is 12.1 Å². The minimum Gasteiger partial charge on any atom is -0.329 e. The fraction of sp³-hybridized carbons (Fsp3) is 0.286. The van der Waals surface area contributed by atoms with Gasteiger partial charge in [-0.1, -0.05) is 6.07 Å². The average Bonchev–Trinajstić information content (AvgIpc) is 3.05. The van der Waals surface area contributed by atoms with E-state index in [0.29, 0.717) is 12.1 Å². The lowest BCUT2D eigenvalue weighted by Crippen LogP contribution is -2.29. The first kappa shape index (κ1) is 17.5. The van der Waals surface area contributed by atoms with Gasteiger partial charge in [0.05, 0.1) is 16.1 Å². The highest BCUT2D eigenvalue weighted by Crippen LogP contribution is 2.16. The number of thiazole rings is 1. The summed E-state index contributed by atoms with van der Waals surface area (Å²) in [6.45, 7) is 0.374. The smallest absolute Gasteiger partial charge is 0.240 e. The molecule has 23 heavy (non-hydrogen) atoms. The van der Waals surface area contributed by atoms with E-state index in [1.165, 1.54) is 23.5 Å². The molecule has 2 aromatic rings. The molecule has 0 aliphatic heterocycles. The minimum absolute atomic E-state index is 0.0863. The number of nitrogens with one attached hydrogen (secondary N) is 2. The van der Waals surface area contributed by atoms with Crippen LogP contribution in [0, 0.1) is 0 Å². The monoisotopic (exact) mass is 354 g/mol. The van der Waals surface area contributed by atoms with Crippen molar-refractivity contribution in [2.45, 2.75) is 17.7 Å². The summed E-state index contributed by atoms with van der Waals surface area (Å²) in [4.78, 5) is 16.1. The zero-order chi connectivity index (χ0) is 16.7. The Morgan fingerprint density at radius 2 is 2.17 bits per heavy atom. The number of carbonyl (C=O) groups is 1. The number of aromatic nitrogens is 1. The Morgan fingerprint density at radius 1 is 1.35 bits per heavy atom. The van der Waals surface area contributed by atoms with Gasteiger partial charge in [-0.2, -0.15) is 0 Å². The number of amides is 1. The molecule has 0 bridgehead atoms. The number of carbonyl (C=O) groups excluding carboxylic acids is 1. The normalized spacial score (nSPS) is 11.3. The predicted molar refractivity (Wildman–Crippen MR) is 89.7 cm³/mol. The van der Waals surface area contributed by atoms with Gasteiger partial charge in [0.1, 0.15) is 0 Å². The zero-order valence-corrected chi connectivity index (χ0v) is 14.0. The molecule has 0 saturated carbocycles. The van der Waals surface area contributed by atoms with Crippen LogP contribution in [0.25, 0.3) is 0 Å². The van der Waals surface area contributed by atoms with Crippen molar-refractivity contribution in [2.75, 3.05) is 18.4 Å². The van der Waals surface area contributed by atoms with Crippen molar-refractivity contribution in [1.29, 1.82) is 0 Å². The van der Waals surface area contributed by atoms with E-state index in [2.05, 4.69) is 15.0 Å². The first-order valence-electron chi connectivity index (χ1n) is 6.98. The van der Waals surface area contributed by atoms with Gasteiger partial charge in [-0.05, 0) is 24.6 Å². The van der Waals surface area contributed by atoms with Gasteiger partial charge in [-0.15, -0.1) is 11.3 Å². The zero-order valence-electron chi connectivity index (χ0n) is 12.4. The Balaban J connectivity index is 1.98. The van der Waals surface area contributed by atoms with Crippen molar-refractivity contribution in [2.24, 2.45) is 5.73 Å². The van der Waals surface area contributed by atoms with Crippen molar-refractivity contribution in [3.63, 3.8) is 0 Å². The average molecular weight is 354 g/mol. The van der Waals surface area contributed by atoms with Crippen molar-refractivity contribution in [3.8, 4) is 0 Å². The first-order chi connectivity index (χ1) is 11.0. The fourth-order valence-electron chi connectivity index (χ4n) is 1.84. The van der Waals surface area contributed by atoms with Crippen LogP contribution in [0.3, 0.4) is 0 Å². The summed E-state index contributed by atoms with van der Waals surface area (Å²) < 4.78 is 26.4. The van der Waals surface area contributed by atoms with E-state index in [0.717, 1.165) is 5.69 Å². The van der Waals surface area contributed by atoms with Crippen LogP contribution in [0.4, 0.5) is 5.69 Å². The van der Waals surface area contributed by atoms with Crippen molar-refractivity contribution in [3.05, 3.63) is 40.8 Å². The second-order valence-corrected chi connectivity index (χ2v) is 7.23. The van der Waals surface area contributed by atoms with E-state index >= 15 is 0 Å². The van der Waals surface area contributed by atoms with Crippen molar-refractivity contribution < 1.29 is 13.2 Å². The number of nitrogens with two attached hydrogens (primary N) is 1. The van der Waals surface area contributed by atoms with E-state index in [9.17, 15) is 13.2 Å². The molecule has 0 unspecified atom stereocenters. The van der Waals surface area contributed by atoms with E-state index in [4.69, 9.17) is 5.73 Å². The number of benzene rings is 1. The third-order valence-electron chi connectivity index (χ3n) is 2.96. The van der Waals surface area contributed by atoms with Crippen LogP contribution < -0.4 is 15.8 Å². The van der Waals surface area contributed by atoms with Crippen molar-refractivity contribution in [1.82, 2.24) is 9.71 Å². The summed E-state index contributed by atoms with van der Waals surface area (Å²) in [6.07, 6.45) is 0.831. The highest BCUT2D eigenvalue weighted by Gasteiger charge is 2.14. The molecule has 1 heterocycles. The maximum absolute atomic E-state index is 12.0. The molecule has 0 radical (unpaired) electrons. The summed E-state index contributed by atoms with van der Waals surface area (Å²) in [5.41, 5.74) is 8.32. The van der Waals surface area contributed by atoms with Gasteiger partial charge in [0, 0.05) is 30.6 Å². The molecule has 0 fully saturated rings. The molecule has 0 aliphatic rings. The van der Waals surface area contributed by atoms with Gasteiger partial charge >= 0.3 is 0 Å². The Labute approximate surface area is 139 Å². The van der Waals surface area contributed by atoms with Gasteiger partial charge in [-0.25, -0.2) is 18.1 Å². The van der Waals surface area contributed by atoms with Gasteiger partial charge in [0.2, 0.25) is 15.9 Å². The Bertz CT molecular complexity index is 745. The SMILES string of the molecule is NCCNS(=O)(=O)c1cccc(NC(=O)CCc2cscn2)c1. The van der Waals surface area contributed by atoms with Crippen LogP contribution in [0.5, 0.6) is 0 Å². The molecule has 2 rings (SSSR count). The molecule has 9 heteroatoms. The molecule has 0 aliphatic carbocycles. The van der Waals surface area contributed by atoms with Crippen LogP contribution in [0.15, 0.2) is 40.1 Å². The third kappa shape index (κ3) is 5.39. The number of hydrogen-bond acceptors (Lipinski definition) is 6. The van der Waals surface area contributed by atoms with E-state index < -0.39 is 10.0 Å². The van der Waals surface area contributed by atoms with Crippen LogP contribution in [-0.2, 0) is 21.2 Å². The van der Waals surface area contributed by atoms with Gasteiger partial charge in [0.15, 0.2) is 0 Å². The Morgan fingerprint density at radius 3 is 2.87 bits per heavy atom. The lowest BCUT2D eigenvalue weighted by Gasteiger charge is -2.09. The van der Waals surface area contributed by atoms with E-state index in [-0.39, 0.29) is 30.3 Å². The summed E-state index contributed by atoms with van der Waals surface area (Å²) in [5, 5.41) is 4.59. The highest BCUT2D eigenvalue weighted by atomic mass is 32.2. The number of nitrogens with zero attached hydrogens (tertiary/aromatic N) is 1. The van der Waals surface area contributed by atoms with Gasteiger partial charge in [-0.3, -0.25) is 4.79 Å². The summed E-state index contributed by atoms with van der Waals surface area (Å²) in [7, 11) is -3.62. The largest absolute Gasteiger partial charge is 0.329 e. The molecule has 0 saturated heterocycles. The van der Waals surface area contributed by atoms with Crippen molar-refractivity contribution >= 4 is 33.0 Å². The highest BCUT2D eigenvalue weighted by molar-refractivity contribution is 7.89.